The highest BCUT2D eigenvalue weighted by Gasteiger charge is 2.33. The molecule has 29 heavy (non-hydrogen) atoms. The van der Waals surface area contributed by atoms with Crippen LogP contribution in [0.5, 0.6) is 0 Å². The van der Waals surface area contributed by atoms with Crippen molar-refractivity contribution in [2.75, 3.05) is 10.8 Å². The summed E-state index contributed by atoms with van der Waals surface area (Å²) in [5.74, 6) is -0.843. The topological polar surface area (TPSA) is 49.4 Å². The third-order valence-corrected chi connectivity index (χ3v) is 5.86. The number of nitrogens with one attached hydrogen (secondary N) is 1. The van der Waals surface area contributed by atoms with Crippen molar-refractivity contribution in [2.45, 2.75) is 44.2 Å². The van der Waals surface area contributed by atoms with Gasteiger partial charge in [-0.05, 0) is 54.8 Å². The van der Waals surface area contributed by atoms with Gasteiger partial charge in [-0.25, -0.2) is 0 Å². The van der Waals surface area contributed by atoms with E-state index in [0.717, 1.165) is 25.7 Å². The average Bonchev–Trinajstić information content (AvgIpc) is 2.74. The highest BCUT2D eigenvalue weighted by atomic mass is 35.5. The van der Waals surface area contributed by atoms with Crippen LogP contribution in [-0.2, 0) is 9.59 Å². The molecule has 1 aliphatic carbocycles. The molecule has 1 aliphatic rings. The van der Waals surface area contributed by atoms with Crippen molar-refractivity contribution in [2.24, 2.45) is 0 Å². The van der Waals surface area contributed by atoms with E-state index in [0.29, 0.717) is 21.3 Å². The van der Waals surface area contributed by atoms with Crippen molar-refractivity contribution >= 4 is 52.3 Å². The van der Waals surface area contributed by atoms with Crippen LogP contribution in [0.1, 0.15) is 43.7 Å². The van der Waals surface area contributed by atoms with Gasteiger partial charge in [-0.2, -0.15) is 0 Å². The van der Waals surface area contributed by atoms with Crippen molar-refractivity contribution in [1.82, 2.24) is 5.32 Å². The molecule has 2 aromatic carbocycles. The largest absolute Gasteiger partial charge is 0.351 e. The predicted molar refractivity (Wildman–Crippen MR) is 119 cm³/mol. The molecule has 0 radical (unpaired) electrons. The van der Waals surface area contributed by atoms with Crippen LogP contribution in [0.25, 0.3) is 0 Å². The molecular weight excluding hydrogens is 431 g/mol. The van der Waals surface area contributed by atoms with Crippen LogP contribution in [0.15, 0.2) is 48.5 Å². The van der Waals surface area contributed by atoms with Gasteiger partial charge in [-0.1, -0.05) is 54.6 Å². The molecule has 0 bridgehead atoms. The van der Waals surface area contributed by atoms with Gasteiger partial charge in [0.2, 0.25) is 11.8 Å². The van der Waals surface area contributed by atoms with Crippen LogP contribution in [0, 0.1) is 0 Å². The van der Waals surface area contributed by atoms with Crippen molar-refractivity contribution < 1.29 is 9.59 Å². The Morgan fingerprint density at radius 3 is 2.03 bits per heavy atom. The van der Waals surface area contributed by atoms with E-state index in [1.165, 1.54) is 11.3 Å². The van der Waals surface area contributed by atoms with E-state index in [-0.39, 0.29) is 23.7 Å². The zero-order valence-corrected chi connectivity index (χ0v) is 18.2. The van der Waals surface area contributed by atoms with E-state index in [9.17, 15) is 9.59 Å². The normalized spacial score (nSPS) is 15.6. The Morgan fingerprint density at radius 1 is 0.931 bits per heavy atom. The van der Waals surface area contributed by atoms with Gasteiger partial charge in [0, 0.05) is 21.8 Å². The Hall–Kier alpha value is -1.75. The monoisotopic (exact) mass is 452 g/mol. The first-order valence-electron chi connectivity index (χ1n) is 9.69. The van der Waals surface area contributed by atoms with Crippen molar-refractivity contribution in [3.05, 3.63) is 64.1 Å². The lowest BCUT2D eigenvalue weighted by Crippen LogP contribution is -2.47. The summed E-state index contributed by atoms with van der Waals surface area (Å²) in [5.41, 5.74) is 1.22. The minimum absolute atomic E-state index is 0.115. The van der Waals surface area contributed by atoms with Gasteiger partial charge in [0.25, 0.3) is 0 Å². The van der Waals surface area contributed by atoms with Gasteiger partial charge in [-0.15, -0.1) is 11.6 Å². The number of carbonyl (C=O) groups excluding carboxylic acids is 2. The third kappa shape index (κ3) is 5.65. The first kappa shape index (κ1) is 21.9. The van der Waals surface area contributed by atoms with Crippen LogP contribution in [0.3, 0.4) is 0 Å². The lowest BCUT2D eigenvalue weighted by molar-refractivity contribution is -0.126. The predicted octanol–water partition coefficient (Wildman–Crippen LogP) is 5.76. The number of nitrogens with zero attached hydrogens (tertiary/aromatic N) is 1. The first-order valence-corrected chi connectivity index (χ1v) is 11.0. The number of rotatable bonds is 6. The van der Waals surface area contributed by atoms with Gasteiger partial charge >= 0.3 is 0 Å². The molecule has 1 atom stereocenters. The van der Waals surface area contributed by atoms with E-state index in [1.54, 1.807) is 48.5 Å². The van der Waals surface area contributed by atoms with Crippen molar-refractivity contribution in [1.29, 1.82) is 0 Å². The van der Waals surface area contributed by atoms with Crippen LogP contribution < -0.4 is 10.2 Å². The molecule has 1 saturated carbocycles. The molecule has 0 aliphatic heterocycles. The Balaban J connectivity index is 2.00. The van der Waals surface area contributed by atoms with E-state index >= 15 is 0 Å². The van der Waals surface area contributed by atoms with Crippen LogP contribution in [0.4, 0.5) is 5.69 Å². The average molecular weight is 454 g/mol. The number of hydrogen-bond acceptors (Lipinski definition) is 2. The Kier molecular flexibility index (Phi) is 7.82. The molecule has 154 valence electrons. The molecule has 0 unspecified atom stereocenters. The highest BCUT2D eigenvalue weighted by Crippen LogP contribution is 2.31. The minimum Gasteiger partial charge on any atom is -0.351 e. The van der Waals surface area contributed by atoms with Gasteiger partial charge in [0.05, 0.1) is 0 Å². The smallest absolute Gasteiger partial charge is 0.248 e. The van der Waals surface area contributed by atoms with E-state index in [2.05, 4.69) is 5.32 Å². The van der Waals surface area contributed by atoms with Crippen LogP contribution >= 0.6 is 34.8 Å². The number of alkyl halides is 1. The van der Waals surface area contributed by atoms with Crippen molar-refractivity contribution in [3.8, 4) is 0 Å². The van der Waals surface area contributed by atoms with Gasteiger partial charge < -0.3 is 5.32 Å². The maximum absolute atomic E-state index is 13.4. The van der Waals surface area contributed by atoms with Crippen LogP contribution in [-0.4, -0.2) is 23.7 Å². The number of hydrogen-bond donors (Lipinski definition) is 1. The zero-order chi connectivity index (χ0) is 20.8. The second-order valence-electron chi connectivity index (χ2n) is 7.17. The molecular formula is C22H23Cl3N2O2. The Morgan fingerprint density at radius 2 is 1.48 bits per heavy atom. The SMILES string of the molecule is O=C(NC1CCCCC1)[C@@H](c1ccc(Cl)cc1)N(C(=O)CCl)c1ccc(Cl)cc1. The summed E-state index contributed by atoms with van der Waals surface area (Å²) in [5, 5.41) is 4.24. The van der Waals surface area contributed by atoms with Gasteiger partial charge in [0.15, 0.2) is 0 Å². The summed E-state index contributed by atoms with van der Waals surface area (Å²) >= 11 is 18.0. The molecule has 1 fully saturated rings. The number of carbonyl (C=O) groups is 2. The molecule has 0 heterocycles. The molecule has 4 nitrogen and oxygen atoms in total. The Bertz CT molecular complexity index is 834. The van der Waals surface area contributed by atoms with Gasteiger partial charge in [-0.3, -0.25) is 14.5 Å². The summed E-state index contributed by atoms with van der Waals surface area (Å²) in [7, 11) is 0. The molecule has 2 amide bonds. The maximum atomic E-state index is 13.4. The number of amides is 2. The summed E-state index contributed by atoms with van der Waals surface area (Å²) in [6, 6.07) is 13.0. The lowest BCUT2D eigenvalue weighted by Gasteiger charge is -2.33. The van der Waals surface area contributed by atoms with Crippen molar-refractivity contribution in [3.63, 3.8) is 0 Å². The number of halogens is 3. The Labute approximate surface area is 186 Å². The fourth-order valence-corrected chi connectivity index (χ4v) is 4.07. The molecule has 0 saturated heterocycles. The quantitative estimate of drug-likeness (QED) is 0.566. The summed E-state index contributed by atoms with van der Waals surface area (Å²) in [6.07, 6.45) is 5.28. The summed E-state index contributed by atoms with van der Waals surface area (Å²) in [4.78, 5) is 27.7. The molecule has 3 rings (SSSR count). The second kappa shape index (κ2) is 10.3. The van der Waals surface area contributed by atoms with Crippen LogP contribution in [0.2, 0.25) is 10.0 Å². The third-order valence-electron chi connectivity index (χ3n) is 5.13. The lowest BCUT2D eigenvalue weighted by atomic mass is 9.94. The maximum Gasteiger partial charge on any atom is 0.248 e. The molecule has 0 spiro atoms. The number of anilines is 1. The standard InChI is InChI=1S/C22H23Cl3N2O2/c23-14-20(28)27(19-12-10-17(25)11-13-19)21(15-6-8-16(24)9-7-15)22(29)26-18-4-2-1-3-5-18/h6-13,18,21H,1-5,14H2,(H,26,29)/t21-/m1/s1. The molecule has 7 heteroatoms. The second-order valence-corrected chi connectivity index (χ2v) is 8.31. The van der Waals surface area contributed by atoms with E-state index in [4.69, 9.17) is 34.8 Å². The summed E-state index contributed by atoms with van der Waals surface area (Å²) < 4.78 is 0. The fraction of sp³-hybridized carbons (Fsp3) is 0.364. The fourth-order valence-electron chi connectivity index (χ4n) is 3.69. The van der Waals surface area contributed by atoms with E-state index < -0.39 is 6.04 Å². The van der Waals surface area contributed by atoms with E-state index in [1.807, 2.05) is 0 Å². The summed E-state index contributed by atoms with van der Waals surface area (Å²) in [6.45, 7) is 0. The first-order chi connectivity index (χ1) is 14.0. The molecule has 0 aromatic heterocycles. The molecule has 1 N–H and O–H groups in total. The highest BCUT2D eigenvalue weighted by molar-refractivity contribution is 6.31. The molecule has 2 aromatic rings. The zero-order valence-electron chi connectivity index (χ0n) is 15.9. The van der Waals surface area contributed by atoms with Gasteiger partial charge in [0.1, 0.15) is 11.9 Å². The number of benzene rings is 2. The minimum atomic E-state index is -0.860.